The van der Waals surface area contributed by atoms with Gasteiger partial charge in [0.25, 0.3) is 5.69 Å². The third kappa shape index (κ3) is 3.74. The fourth-order valence-electron chi connectivity index (χ4n) is 2.26. The van der Waals surface area contributed by atoms with Crippen molar-refractivity contribution in [2.75, 3.05) is 5.75 Å². The van der Waals surface area contributed by atoms with E-state index in [2.05, 4.69) is 10.2 Å². The topological polar surface area (TPSA) is 90.9 Å². The predicted octanol–water partition coefficient (Wildman–Crippen LogP) is 3.37. The van der Waals surface area contributed by atoms with Crippen LogP contribution in [-0.4, -0.2) is 31.2 Å². The summed E-state index contributed by atoms with van der Waals surface area (Å²) < 4.78 is 1.84. The standard InChI is InChI=1S/C17H14N4O3S/c1-20-16(13-5-3-2-4-6-13)18-19-17(20)25-11-15(22)12-7-9-14(10-8-12)21(23)24/h2-10H,11H2,1H3. The van der Waals surface area contributed by atoms with Gasteiger partial charge in [-0.3, -0.25) is 14.9 Å². The number of hydrogen-bond acceptors (Lipinski definition) is 6. The third-order valence-electron chi connectivity index (χ3n) is 3.60. The van der Waals surface area contributed by atoms with Gasteiger partial charge in [0.15, 0.2) is 16.8 Å². The van der Waals surface area contributed by atoms with Gasteiger partial charge in [-0.25, -0.2) is 0 Å². The zero-order valence-electron chi connectivity index (χ0n) is 13.3. The molecule has 0 amide bonds. The van der Waals surface area contributed by atoms with Crippen LogP contribution in [0.4, 0.5) is 5.69 Å². The van der Waals surface area contributed by atoms with E-state index in [0.717, 1.165) is 11.4 Å². The Morgan fingerprint density at radius 2 is 1.80 bits per heavy atom. The molecule has 0 radical (unpaired) electrons. The lowest BCUT2D eigenvalue weighted by atomic mass is 10.1. The van der Waals surface area contributed by atoms with Crippen LogP contribution in [0.2, 0.25) is 0 Å². The van der Waals surface area contributed by atoms with Crippen molar-refractivity contribution < 1.29 is 9.72 Å². The Labute approximate surface area is 147 Å². The van der Waals surface area contributed by atoms with E-state index in [1.165, 1.54) is 36.0 Å². The highest BCUT2D eigenvalue weighted by atomic mass is 32.2. The minimum atomic E-state index is -0.492. The zero-order chi connectivity index (χ0) is 17.8. The molecule has 0 unspecified atom stereocenters. The molecule has 0 saturated heterocycles. The SMILES string of the molecule is Cn1c(SCC(=O)c2ccc([N+](=O)[O-])cc2)nnc1-c1ccccc1. The van der Waals surface area contributed by atoms with E-state index >= 15 is 0 Å². The highest BCUT2D eigenvalue weighted by Gasteiger charge is 2.14. The summed E-state index contributed by atoms with van der Waals surface area (Å²) in [7, 11) is 1.85. The highest BCUT2D eigenvalue weighted by Crippen LogP contribution is 2.23. The van der Waals surface area contributed by atoms with Crippen LogP contribution in [0.3, 0.4) is 0 Å². The summed E-state index contributed by atoms with van der Waals surface area (Å²) >= 11 is 1.28. The lowest BCUT2D eigenvalue weighted by Gasteiger charge is -2.04. The molecule has 1 heterocycles. The van der Waals surface area contributed by atoms with Crippen LogP contribution in [0.5, 0.6) is 0 Å². The van der Waals surface area contributed by atoms with Gasteiger partial charge in [-0.05, 0) is 12.1 Å². The Bertz CT molecular complexity index is 907. The van der Waals surface area contributed by atoms with Gasteiger partial charge >= 0.3 is 0 Å². The molecule has 2 aromatic carbocycles. The number of benzene rings is 2. The van der Waals surface area contributed by atoms with Crippen molar-refractivity contribution in [3.8, 4) is 11.4 Å². The van der Waals surface area contributed by atoms with E-state index < -0.39 is 4.92 Å². The van der Waals surface area contributed by atoms with Crippen molar-refractivity contribution >= 4 is 23.2 Å². The molecule has 0 bridgehead atoms. The number of hydrogen-bond donors (Lipinski definition) is 0. The number of nitro benzene ring substituents is 1. The maximum atomic E-state index is 12.2. The molecule has 0 atom stereocenters. The summed E-state index contributed by atoms with van der Waals surface area (Å²) in [5.74, 6) is 0.786. The quantitative estimate of drug-likeness (QED) is 0.292. The van der Waals surface area contributed by atoms with Crippen LogP contribution >= 0.6 is 11.8 Å². The van der Waals surface area contributed by atoms with Crippen LogP contribution in [0.25, 0.3) is 11.4 Å². The third-order valence-corrected chi connectivity index (χ3v) is 4.62. The zero-order valence-corrected chi connectivity index (χ0v) is 14.1. The second-order valence-electron chi connectivity index (χ2n) is 5.25. The summed E-state index contributed by atoms with van der Waals surface area (Å²) in [5, 5.41) is 19.6. The first kappa shape index (κ1) is 16.8. The van der Waals surface area contributed by atoms with Gasteiger partial charge in [0.2, 0.25) is 0 Å². The van der Waals surface area contributed by atoms with Crippen molar-refractivity contribution in [2.24, 2.45) is 7.05 Å². The van der Waals surface area contributed by atoms with E-state index in [-0.39, 0.29) is 17.2 Å². The molecule has 126 valence electrons. The van der Waals surface area contributed by atoms with Gasteiger partial charge < -0.3 is 4.57 Å². The number of aromatic nitrogens is 3. The molecular formula is C17H14N4O3S. The Balaban J connectivity index is 1.68. The number of nitro groups is 1. The number of carbonyl (C=O) groups excluding carboxylic acids is 1. The highest BCUT2D eigenvalue weighted by molar-refractivity contribution is 7.99. The number of thioether (sulfide) groups is 1. The fourth-order valence-corrected chi connectivity index (χ4v) is 3.07. The largest absolute Gasteiger partial charge is 0.305 e. The molecule has 0 aliphatic carbocycles. The summed E-state index contributed by atoms with van der Waals surface area (Å²) in [6.07, 6.45) is 0. The second-order valence-corrected chi connectivity index (χ2v) is 6.19. The maximum Gasteiger partial charge on any atom is 0.269 e. The molecule has 0 fully saturated rings. The minimum absolute atomic E-state index is 0.0370. The lowest BCUT2D eigenvalue weighted by Crippen LogP contribution is -2.04. The van der Waals surface area contributed by atoms with Gasteiger partial charge in [-0.2, -0.15) is 0 Å². The number of non-ortho nitro benzene ring substituents is 1. The number of nitrogens with zero attached hydrogens (tertiary/aromatic N) is 4. The second kappa shape index (κ2) is 7.27. The number of rotatable bonds is 6. The number of carbonyl (C=O) groups is 1. The van der Waals surface area contributed by atoms with E-state index in [9.17, 15) is 14.9 Å². The minimum Gasteiger partial charge on any atom is -0.305 e. The van der Waals surface area contributed by atoms with Crippen molar-refractivity contribution in [2.45, 2.75) is 5.16 Å². The Morgan fingerprint density at radius 3 is 2.44 bits per heavy atom. The van der Waals surface area contributed by atoms with Crippen molar-refractivity contribution in [3.05, 3.63) is 70.3 Å². The Morgan fingerprint density at radius 1 is 1.12 bits per heavy atom. The summed E-state index contributed by atoms with van der Waals surface area (Å²) in [6.45, 7) is 0. The van der Waals surface area contributed by atoms with Crippen LogP contribution in [-0.2, 0) is 7.05 Å². The van der Waals surface area contributed by atoms with Crippen LogP contribution in [0, 0.1) is 10.1 Å². The van der Waals surface area contributed by atoms with Crippen LogP contribution in [0.15, 0.2) is 59.8 Å². The van der Waals surface area contributed by atoms with E-state index in [1.807, 2.05) is 41.9 Å². The normalized spacial score (nSPS) is 10.6. The monoisotopic (exact) mass is 354 g/mol. The van der Waals surface area contributed by atoms with Crippen molar-refractivity contribution in [3.63, 3.8) is 0 Å². The molecule has 0 aliphatic heterocycles. The van der Waals surface area contributed by atoms with Crippen molar-refractivity contribution in [1.29, 1.82) is 0 Å². The van der Waals surface area contributed by atoms with Crippen molar-refractivity contribution in [1.82, 2.24) is 14.8 Å². The first-order chi connectivity index (χ1) is 12.1. The van der Waals surface area contributed by atoms with E-state index in [4.69, 9.17) is 0 Å². The van der Waals surface area contributed by atoms with E-state index in [1.54, 1.807) is 0 Å². The van der Waals surface area contributed by atoms with Gasteiger partial charge in [-0.15, -0.1) is 10.2 Å². The maximum absolute atomic E-state index is 12.2. The molecule has 0 N–H and O–H groups in total. The Kier molecular flexibility index (Phi) is 4.90. The van der Waals surface area contributed by atoms with Crippen LogP contribution in [0.1, 0.15) is 10.4 Å². The average molecular weight is 354 g/mol. The van der Waals surface area contributed by atoms with Crippen LogP contribution < -0.4 is 0 Å². The van der Waals surface area contributed by atoms with Gasteiger partial charge in [0.1, 0.15) is 0 Å². The van der Waals surface area contributed by atoms with Gasteiger partial charge in [0.05, 0.1) is 10.7 Å². The molecule has 0 aliphatic rings. The summed E-state index contributed by atoms with van der Waals surface area (Å²) in [4.78, 5) is 22.4. The van der Waals surface area contributed by atoms with Gasteiger partial charge in [-0.1, -0.05) is 42.1 Å². The smallest absolute Gasteiger partial charge is 0.269 e. The summed E-state index contributed by atoms with van der Waals surface area (Å²) in [6, 6.07) is 15.3. The molecule has 8 heteroatoms. The lowest BCUT2D eigenvalue weighted by molar-refractivity contribution is -0.384. The molecule has 7 nitrogen and oxygen atoms in total. The predicted molar refractivity (Wildman–Crippen MR) is 94.6 cm³/mol. The molecule has 1 aromatic heterocycles. The average Bonchev–Trinajstić information content (AvgIpc) is 3.01. The molecule has 0 saturated carbocycles. The van der Waals surface area contributed by atoms with E-state index in [0.29, 0.717) is 10.7 Å². The number of Topliss-reactive ketones (excluding diaryl/α,β-unsaturated/α-hetero) is 1. The molecule has 0 spiro atoms. The fraction of sp³-hybridized carbons (Fsp3) is 0.118. The molecular weight excluding hydrogens is 340 g/mol. The molecule has 3 rings (SSSR count). The molecule has 25 heavy (non-hydrogen) atoms. The number of ketones is 1. The Hall–Kier alpha value is -3.00. The first-order valence-electron chi connectivity index (χ1n) is 7.41. The molecule has 3 aromatic rings. The first-order valence-corrected chi connectivity index (χ1v) is 8.40. The summed E-state index contributed by atoms with van der Waals surface area (Å²) in [5.41, 5.74) is 1.35. The van der Waals surface area contributed by atoms with Gasteiger partial charge in [0, 0.05) is 30.3 Å².